The topological polar surface area (TPSA) is 62.7 Å². The maximum atomic E-state index is 11.0. The van der Waals surface area contributed by atoms with Gasteiger partial charge in [-0.15, -0.1) is 0 Å². The molecule has 18 heavy (non-hydrogen) atoms. The summed E-state index contributed by atoms with van der Waals surface area (Å²) in [4.78, 5) is 17.0. The number of carboxylic acid groups (broad SMARTS) is 1. The molecule has 0 atom stereocenters. The fourth-order valence-corrected chi connectivity index (χ4v) is 1.86. The predicted octanol–water partition coefficient (Wildman–Crippen LogP) is 2.30. The van der Waals surface area contributed by atoms with Crippen LogP contribution >= 0.6 is 11.6 Å². The van der Waals surface area contributed by atoms with Crippen molar-refractivity contribution < 1.29 is 14.6 Å². The molecule has 0 aromatic carbocycles. The number of pyridine rings is 1. The molecule has 6 heteroatoms. The minimum Gasteiger partial charge on any atom is -0.478 e. The van der Waals surface area contributed by atoms with Gasteiger partial charge in [-0.05, 0) is 19.9 Å². The first-order valence-corrected chi connectivity index (χ1v) is 6.20. The SMILES string of the molecule is CCOCCN(CC)c1nccc(C(=O)O)c1Cl. The van der Waals surface area contributed by atoms with Crippen molar-refractivity contribution in [3.05, 3.63) is 22.8 Å². The average Bonchev–Trinajstić information content (AvgIpc) is 2.35. The van der Waals surface area contributed by atoms with Gasteiger partial charge in [-0.25, -0.2) is 9.78 Å². The first-order valence-electron chi connectivity index (χ1n) is 5.82. The smallest absolute Gasteiger partial charge is 0.337 e. The van der Waals surface area contributed by atoms with Crippen LogP contribution in [0.2, 0.25) is 5.02 Å². The Morgan fingerprint density at radius 2 is 2.28 bits per heavy atom. The van der Waals surface area contributed by atoms with Crippen LogP contribution in [0.25, 0.3) is 0 Å². The average molecular weight is 273 g/mol. The summed E-state index contributed by atoms with van der Waals surface area (Å²) < 4.78 is 5.28. The van der Waals surface area contributed by atoms with Crippen molar-refractivity contribution in [1.82, 2.24) is 4.98 Å². The van der Waals surface area contributed by atoms with Crippen molar-refractivity contribution in [3.63, 3.8) is 0 Å². The van der Waals surface area contributed by atoms with Crippen molar-refractivity contribution in [2.24, 2.45) is 0 Å². The van der Waals surface area contributed by atoms with Crippen molar-refractivity contribution in [2.45, 2.75) is 13.8 Å². The summed E-state index contributed by atoms with van der Waals surface area (Å²) in [5, 5.41) is 9.17. The molecule has 1 N–H and O–H groups in total. The van der Waals surface area contributed by atoms with Crippen molar-refractivity contribution in [3.8, 4) is 0 Å². The van der Waals surface area contributed by atoms with Gasteiger partial charge in [0.25, 0.3) is 0 Å². The number of aromatic carboxylic acids is 1. The van der Waals surface area contributed by atoms with Gasteiger partial charge >= 0.3 is 5.97 Å². The van der Waals surface area contributed by atoms with Crippen molar-refractivity contribution in [2.75, 3.05) is 31.2 Å². The summed E-state index contributed by atoms with van der Waals surface area (Å²) in [5.41, 5.74) is 0.0662. The van der Waals surface area contributed by atoms with E-state index in [1.807, 2.05) is 18.7 Å². The van der Waals surface area contributed by atoms with E-state index in [9.17, 15) is 4.79 Å². The molecule has 0 amide bonds. The quantitative estimate of drug-likeness (QED) is 0.772. The monoisotopic (exact) mass is 272 g/mol. The predicted molar refractivity (Wildman–Crippen MR) is 70.6 cm³/mol. The van der Waals surface area contributed by atoms with Crippen LogP contribution < -0.4 is 4.90 Å². The largest absolute Gasteiger partial charge is 0.478 e. The zero-order chi connectivity index (χ0) is 13.5. The lowest BCUT2D eigenvalue weighted by Crippen LogP contribution is -2.28. The number of rotatable bonds is 7. The second kappa shape index (κ2) is 7.18. The summed E-state index contributed by atoms with van der Waals surface area (Å²) in [6.07, 6.45) is 1.45. The third-order valence-electron chi connectivity index (χ3n) is 2.49. The molecule has 0 spiro atoms. The van der Waals surface area contributed by atoms with E-state index in [1.165, 1.54) is 12.3 Å². The van der Waals surface area contributed by atoms with E-state index in [4.69, 9.17) is 21.4 Å². The lowest BCUT2D eigenvalue weighted by Gasteiger charge is -2.23. The fraction of sp³-hybridized carbons (Fsp3) is 0.500. The summed E-state index contributed by atoms with van der Waals surface area (Å²) in [5.74, 6) is -0.566. The van der Waals surface area contributed by atoms with Crippen LogP contribution in [0.1, 0.15) is 24.2 Å². The first kappa shape index (κ1) is 14.7. The summed E-state index contributed by atoms with van der Waals surface area (Å²) in [6.45, 7) is 6.39. The molecule has 0 fully saturated rings. The summed E-state index contributed by atoms with van der Waals surface area (Å²) >= 11 is 6.06. The number of nitrogens with zero attached hydrogens (tertiary/aromatic N) is 2. The van der Waals surface area contributed by atoms with E-state index in [0.29, 0.717) is 32.1 Å². The Balaban J connectivity index is 2.92. The Morgan fingerprint density at radius 1 is 1.56 bits per heavy atom. The van der Waals surface area contributed by atoms with Gasteiger partial charge in [0.05, 0.1) is 17.2 Å². The highest BCUT2D eigenvalue weighted by atomic mass is 35.5. The van der Waals surface area contributed by atoms with Crippen LogP contribution in [0, 0.1) is 0 Å². The number of carboxylic acids is 1. The van der Waals surface area contributed by atoms with Gasteiger partial charge in [-0.1, -0.05) is 11.6 Å². The third-order valence-corrected chi connectivity index (χ3v) is 2.86. The highest BCUT2D eigenvalue weighted by Gasteiger charge is 2.17. The molecule has 100 valence electrons. The second-order valence-electron chi connectivity index (χ2n) is 3.58. The molecule has 0 radical (unpaired) electrons. The molecule has 0 aliphatic carbocycles. The molecule has 0 bridgehead atoms. The van der Waals surface area contributed by atoms with Crippen LogP contribution in [0.3, 0.4) is 0 Å². The van der Waals surface area contributed by atoms with E-state index in [1.54, 1.807) is 0 Å². The molecule has 5 nitrogen and oxygen atoms in total. The highest BCUT2D eigenvalue weighted by Crippen LogP contribution is 2.26. The Bertz CT molecular complexity index is 412. The normalized spacial score (nSPS) is 10.4. The van der Waals surface area contributed by atoms with Gasteiger partial charge in [-0.3, -0.25) is 0 Å². The highest BCUT2D eigenvalue weighted by molar-refractivity contribution is 6.35. The number of ether oxygens (including phenoxy) is 1. The van der Waals surface area contributed by atoms with Crippen LogP contribution in [0.5, 0.6) is 0 Å². The molecule has 1 rings (SSSR count). The number of anilines is 1. The molecule has 0 aliphatic heterocycles. The Kier molecular flexibility index (Phi) is 5.88. The molecule has 0 saturated heterocycles. The fourth-order valence-electron chi connectivity index (χ4n) is 1.55. The molecule has 1 aromatic heterocycles. The summed E-state index contributed by atoms with van der Waals surface area (Å²) in [7, 11) is 0. The standard InChI is InChI=1S/C12H17ClN2O3/c1-3-15(7-8-18-4-2)11-10(13)9(12(16)17)5-6-14-11/h5-6H,3-4,7-8H2,1-2H3,(H,16,17). The maximum absolute atomic E-state index is 11.0. The minimum absolute atomic E-state index is 0.0662. The van der Waals surface area contributed by atoms with Gasteiger partial charge in [0.1, 0.15) is 5.82 Å². The first-order chi connectivity index (χ1) is 8.61. The van der Waals surface area contributed by atoms with E-state index in [-0.39, 0.29) is 10.6 Å². The van der Waals surface area contributed by atoms with Crippen LogP contribution in [-0.2, 0) is 4.74 Å². The van der Waals surface area contributed by atoms with E-state index >= 15 is 0 Å². The van der Waals surface area contributed by atoms with Gasteiger partial charge in [0.2, 0.25) is 0 Å². The zero-order valence-corrected chi connectivity index (χ0v) is 11.3. The van der Waals surface area contributed by atoms with E-state index in [0.717, 1.165) is 0 Å². The Hall–Kier alpha value is -1.33. The number of halogens is 1. The molecule has 0 unspecified atom stereocenters. The Morgan fingerprint density at radius 3 is 2.83 bits per heavy atom. The second-order valence-corrected chi connectivity index (χ2v) is 3.96. The van der Waals surface area contributed by atoms with Crippen molar-refractivity contribution >= 4 is 23.4 Å². The number of hydrogen-bond donors (Lipinski definition) is 1. The zero-order valence-electron chi connectivity index (χ0n) is 10.5. The Labute approximate surface area is 111 Å². The lowest BCUT2D eigenvalue weighted by molar-refractivity contribution is 0.0697. The maximum Gasteiger partial charge on any atom is 0.337 e. The molecular weight excluding hydrogens is 256 g/mol. The van der Waals surface area contributed by atoms with Crippen LogP contribution in [0.4, 0.5) is 5.82 Å². The molecule has 0 saturated carbocycles. The van der Waals surface area contributed by atoms with Gasteiger partial charge in [0.15, 0.2) is 0 Å². The van der Waals surface area contributed by atoms with E-state index < -0.39 is 5.97 Å². The molecular formula is C12H17ClN2O3. The van der Waals surface area contributed by atoms with Gasteiger partial charge in [0, 0.05) is 25.9 Å². The third kappa shape index (κ3) is 3.58. The van der Waals surface area contributed by atoms with Crippen LogP contribution in [-0.4, -0.2) is 42.4 Å². The van der Waals surface area contributed by atoms with Gasteiger partial charge < -0.3 is 14.7 Å². The number of carbonyl (C=O) groups is 1. The lowest BCUT2D eigenvalue weighted by atomic mass is 10.2. The minimum atomic E-state index is -1.05. The summed E-state index contributed by atoms with van der Waals surface area (Å²) in [6, 6.07) is 1.39. The van der Waals surface area contributed by atoms with Crippen molar-refractivity contribution in [1.29, 1.82) is 0 Å². The van der Waals surface area contributed by atoms with Crippen LogP contribution in [0.15, 0.2) is 12.3 Å². The van der Waals surface area contributed by atoms with Gasteiger partial charge in [-0.2, -0.15) is 0 Å². The number of hydrogen-bond acceptors (Lipinski definition) is 4. The number of likely N-dealkylation sites (N-methyl/N-ethyl adjacent to an activating group) is 1. The number of aromatic nitrogens is 1. The molecule has 1 aromatic rings. The molecule has 0 aliphatic rings. The van der Waals surface area contributed by atoms with E-state index in [2.05, 4.69) is 4.98 Å². The molecule has 1 heterocycles.